The summed E-state index contributed by atoms with van der Waals surface area (Å²) in [7, 11) is 3.08. The fraction of sp³-hybridized carbons (Fsp3) is 0.318. The molecule has 2 heterocycles. The fourth-order valence-electron chi connectivity index (χ4n) is 3.38. The summed E-state index contributed by atoms with van der Waals surface area (Å²) in [5.74, 6) is 0.974. The predicted octanol–water partition coefficient (Wildman–Crippen LogP) is 1.06. The summed E-state index contributed by atoms with van der Waals surface area (Å²) in [6, 6.07) is 9.09. The van der Waals surface area contributed by atoms with Crippen LogP contribution in [0.1, 0.15) is 5.56 Å². The molecule has 0 bridgehead atoms. The Balaban J connectivity index is 1.50. The van der Waals surface area contributed by atoms with Crippen LogP contribution in [0, 0.1) is 11.3 Å². The first-order valence-corrected chi connectivity index (χ1v) is 10.6. The minimum absolute atomic E-state index is 0.0883. The third kappa shape index (κ3) is 4.66. The smallest absolute Gasteiger partial charge is 0.234 e. The Hall–Kier alpha value is -3.06. The average Bonchev–Trinajstić information content (AvgIpc) is 2.81. The molecule has 1 fully saturated rings. The maximum absolute atomic E-state index is 12.5. The molecule has 1 aliphatic heterocycles. The molecule has 2 aromatic rings. The standard InChI is InChI=1S/C22H21N3O5S/c1-27-15-3-4-16(18(9-15)28-2)24-21(26)12-31-22-14(11-23)7-13-8-19-20(10-17(13)25-22)30-6-5-29-19/h3-4,7-10,19-20H,5-6,12H2,1-2H3,(H,24,26). The molecule has 160 valence electrons. The van der Waals surface area contributed by atoms with E-state index in [1.807, 2.05) is 12.2 Å². The van der Waals surface area contributed by atoms with E-state index in [9.17, 15) is 10.1 Å². The van der Waals surface area contributed by atoms with Gasteiger partial charge in [-0.2, -0.15) is 5.26 Å². The number of rotatable bonds is 6. The van der Waals surface area contributed by atoms with Crippen molar-refractivity contribution < 1.29 is 23.7 Å². The van der Waals surface area contributed by atoms with Crippen LogP contribution in [-0.4, -0.2) is 56.3 Å². The van der Waals surface area contributed by atoms with E-state index in [-0.39, 0.29) is 23.9 Å². The SMILES string of the molecule is COc1ccc(NC(=O)CSc2nc3c(cc2C#N)=CC2OCCOC2C=3)c(OC)c1. The molecule has 2 aliphatic rings. The zero-order valence-electron chi connectivity index (χ0n) is 17.1. The zero-order chi connectivity index (χ0) is 21.8. The number of fused-ring (bicyclic) bond motifs is 2. The number of methoxy groups -OCH3 is 2. The number of pyridine rings is 1. The number of nitrogens with one attached hydrogen (secondary N) is 1. The molecule has 0 spiro atoms. The zero-order valence-corrected chi connectivity index (χ0v) is 17.9. The lowest BCUT2D eigenvalue weighted by Gasteiger charge is -2.29. The molecule has 1 amide bonds. The number of hydrogen-bond acceptors (Lipinski definition) is 8. The summed E-state index contributed by atoms with van der Waals surface area (Å²) < 4.78 is 21.9. The predicted molar refractivity (Wildman–Crippen MR) is 116 cm³/mol. The third-order valence-corrected chi connectivity index (χ3v) is 5.88. The second-order valence-electron chi connectivity index (χ2n) is 6.83. The molecule has 9 heteroatoms. The number of carbonyl (C=O) groups excluding carboxylic acids is 1. The van der Waals surface area contributed by atoms with Gasteiger partial charge in [0.1, 0.15) is 34.8 Å². The molecular weight excluding hydrogens is 418 g/mol. The van der Waals surface area contributed by atoms with E-state index in [0.29, 0.717) is 41.0 Å². The van der Waals surface area contributed by atoms with Gasteiger partial charge in [0, 0.05) is 11.3 Å². The van der Waals surface area contributed by atoms with Crippen molar-refractivity contribution in [1.82, 2.24) is 4.98 Å². The molecule has 1 aliphatic carbocycles. The first-order chi connectivity index (χ1) is 15.1. The van der Waals surface area contributed by atoms with Crippen LogP contribution in [0.4, 0.5) is 5.69 Å². The van der Waals surface area contributed by atoms with Gasteiger partial charge in [0.2, 0.25) is 5.91 Å². The molecular formula is C22H21N3O5S. The Morgan fingerprint density at radius 1 is 1.23 bits per heavy atom. The number of nitrogens with zero attached hydrogens (tertiary/aromatic N) is 2. The van der Waals surface area contributed by atoms with E-state index in [2.05, 4.69) is 16.4 Å². The van der Waals surface area contributed by atoms with Crippen LogP contribution < -0.4 is 25.4 Å². The van der Waals surface area contributed by atoms with Crippen LogP contribution in [0.15, 0.2) is 29.3 Å². The summed E-state index contributed by atoms with van der Waals surface area (Å²) in [5.41, 5.74) is 0.953. The first kappa shape index (κ1) is 21.2. The maximum atomic E-state index is 12.5. The number of ether oxygens (including phenoxy) is 4. The molecule has 2 unspecified atom stereocenters. The van der Waals surface area contributed by atoms with Gasteiger partial charge in [-0.05, 0) is 30.4 Å². The largest absolute Gasteiger partial charge is 0.497 e. The lowest BCUT2D eigenvalue weighted by Crippen LogP contribution is -2.45. The number of nitriles is 1. The Morgan fingerprint density at radius 2 is 2.00 bits per heavy atom. The number of aromatic nitrogens is 1. The summed E-state index contributed by atoms with van der Waals surface area (Å²) in [6.45, 7) is 1.08. The normalized spacial score (nSPS) is 19.0. The number of carbonyl (C=O) groups is 1. The second kappa shape index (κ2) is 9.39. The highest BCUT2D eigenvalue weighted by atomic mass is 32.2. The van der Waals surface area contributed by atoms with Gasteiger partial charge < -0.3 is 24.3 Å². The van der Waals surface area contributed by atoms with Gasteiger partial charge in [-0.3, -0.25) is 4.79 Å². The van der Waals surface area contributed by atoms with E-state index in [0.717, 1.165) is 10.6 Å². The molecule has 1 saturated heterocycles. The van der Waals surface area contributed by atoms with Crippen LogP contribution in [0.2, 0.25) is 0 Å². The van der Waals surface area contributed by atoms with Crippen molar-refractivity contribution in [2.24, 2.45) is 0 Å². The quantitative estimate of drug-likeness (QED) is 0.667. The number of amides is 1. The van der Waals surface area contributed by atoms with Crippen molar-refractivity contribution >= 4 is 35.5 Å². The summed E-state index contributed by atoms with van der Waals surface area (Å²) >= 11 is 1.21. The van der Waals surface area contributed by atoms with Crippen molar-refractivity contribution in [3.63, 3.8) is 0 Å². The van der Waals surface area contributed by atoms with Crippen LogP contribution in [0.3, 0.4) is 0 Å². The van der Waals surface area contributed by atoms with E-state index in [4.69, 9.17) is 18.9 Å². The number of thioether (sulfide) groups is 1. The Labute approximate surface area is 183 Å². The molecule has 0 saturated carbocycles. The minimum Gasteiger partial charge on any atom is -0.497 e. The number of hydrogen-bond donors (Lipinski definition) is 1. The van der Waals surface area contributed by atoms with Crippen molar-refractivity contribution in [1.29, 1.82) is 5.26 Å². The highest BCUT2D eigenvalue weighted by molar-refractivity contribution is 8.00. The van der Waals surface area contributed by atoms with E-state index >= 15 is 0 Å². The van der Waals surface area contributed by atoms with Crippen LogP contribution >= 0.6 is 11.8 Å². The van der Waals surface area contributed by atoms with E-state index in [1.165, 1.54) is 18.9 Å². The molecule has 8 nitrogen and oxygen atoms in total. The molecule has 1 aromatic carbocycles. The molecule has 4 rings (SSSR count). The van der Waals surface area contributed by atoms with Gasteiger partial charge >= 0.3 is 0 Å². The Bertz CT molecular complexity index is 1160. The van der Waals surface area contributed by atoms with Crippen LogP contribution in [0.25, 0.3) is 12.2 Å². The molecule has 1 aromatic heterocycles. The Kier molecular flexibility index (Phi) is 6.42. The van der Waals surface area contributed by atoms with Crippen molar-refractivity contribution in [2.45, 2.75) is 17.2 Å². The topological polar surface area (TPSA) is 103 Å². The van der Waals surface area contributed by atoms with Gasteiger partial charge in [-0.25, -0.2) is 4.98 Å². The van der Waals surface area contributed by atoms with Gasteiger partial charge in [0.25, 0.3) is 0 Å². The molecule has 1 N–H and O–H groups in total. The lowest BCUT2D eigenvalue weighted by molar-refractivity contribution is -0.113. The molecule has 2 atom stereocenters. The van der Waals surface area contributed by atoms with Crippen molar-refractivity contribution in [3.05, 3.63) is 40.4 Å². The lowest BCUT2D eigenvalue weighted by atomic mass is 10.0. The van der Waals surface area contributed by atoms with E-state index < -0.39 is 0 Å². The molecule has 0 radical (unpaired) electrons. The number of anilines is 1. The summed E-state index contributed by atoms with van der Waals surface area (Å²) in [4.78, 5) is 17.1. The van der Waals surface area contributed by atoms with Crippen molar-refractivity contribution in [2.75, 3.05) is 38.5 Å². The average molecular weight is 439 g/mol. The van der Waals surface area contributed by atoms with E-state index in [1.54, 1.807) is 31.4 Å². The van der Waals surface area contributed by atoms with Crippen LogP contribution in [0.5, 0.6) is 11.5 Å². The third-order valence-electron chi connectivity index (χ3n) is 4.88. The summed E-state index contributed by atoms with van der Waals surface area (Å²) in [5, 5.41) is 14.4. The Morgan fingerprint density at radius 3 is 2.71 bits per heavy atom. The van der Waals surface area contributed by atoms with Gasteiger partial charge in [-0.1, -0.05) is 11.8 Å². The second-order valence-corrected chi connectivity index (χ2v) is 7.80. The fourth-order valence-corrected chi connectivity index (χ4v) is 4.14. The minimum atomic E-state index is -0.239. The maximum Gasteiger partial charge on any atom is 0.234 e. The highest BCUT2D eigenvalue weighted by Gasteiger charge is 2.26. The number of benzene rings is 1. The van der Waals surface area contributed by atoms with Crippen LogP contribution in [-0.2, 0) is 14.3 Å². The van der Waals surface area contributed by atoms with Gasteiger partial charge in [-0.15, -0.1) is 0 Å². The van der Waals surface area contributed by atoms with Gasteiger partial charge in [0.05, 0.1) is 49.8 Å². The molecule has 31 heavy (non-hydrogen) atoms. The van der Waals surface area contributed by atoms with Crippen molar-refractivity contribution in [3.8, 4) is 17.6 Å². The van der Waals surface area contributed by atoms with Gasteiger partial charge in [0.15, 0.2) is 0 Å². The summed E-state index contributed by atoms with van der Waals surface area (Å²) in [6.07, 6.45) is 3.49. The monoisotopic (exact) mass is 439 g/mol. The highest BCUT2D eigenvalue weighted by Crippen LogP contribution is 2.29. The first-order valence-electron chi connectivity index (χ1n) is 9.64.